The van der Waals surface area contributed by atoms with Gasteiger partial charge in [-0.1, -0.05) is 0 Å². The summed E-state index contributed by atoms with van der Waals surface area (Å²) < 4.78 is 15.6. The Labute approximate surface area is 135 Å². The van der Waals surface area contributed by atoms with E-state index in [1.807, 2.05) is 0 Å². The number of aromatic carboxylic acids is 1. The fourth-order valence-electron chi connectivity index (χ4n) is 1.71. The van der Waals surface area contributed by atoms with Crippen molar-refractivity contribution in [1.29, 1.82) is 0 Å². The third-order valence-electron chi connectivity index (χ3n) is 2.67. The molecule has 1 amide bonds. The van der Waals surface area contributed by atoms with Crippen LogP contribution in [-0.4, -0.2) is 43.1 Å². The SMILES string of the molecule is COCCOc1ccc(C(=O)O)cc1CNC(=O)OC(C)(C)C. The summed E-state index contributed by atoms with van der Waals surface area (Å²) in [5, 5.41) is 11.7. The summed E-state index contributed by atoms with van der Waals surface area (Å²) in [6.07, 6.45) is -0.582. The summed E-state index contributed by atoms with van der Waals surface area (Å²) in [7, 11) is 1.56. The van der Waals surface area contributed by atoms with E-state index in [4.69, 9.17) is 19.3 Å². The number of rotatable bonds is 7. The number of carboxylic acid groups (broad SMARTS) is 1. The average molecular weight is 325 g/mol. The highest BCUT2D eigenvalue weighted by Crippen LogP contribution is 2.20. The number of ether oxygens (including phenoxy) is 3. The lowest BCUT2D eigenvalue weighted by Gasteiger charge is -2.20. The van der Waals surface area contributed by atoms with Crippen molar-refractivity contribution in [3.05, 3.63) is 29.3 Å². The van der Waals surface area contributed by atoms with Crippen LogP contribution < -0.4 is 10.1 Å². The predicted molar refractivity (Wildman–Crippen MR) is 83.8 cm³/mol. The molecule has 0 aliphatic heterocycles. The number of nitrogens with one attached hydrogen (secondary N) is 1. The van der Waals surface area contributed by atoms with Crippen molar-refractivity contribution in [3.8, 4) is 5.75 Å². The summed E-state index contributed by atoms with van der Waals surface area (Å²) in [4.78, 5) is 22.8. The Bertz CT molecular complexity index is 550. The second-order valence-electron chi connectivity index (χ2n) is 5.82. The van der Waals surface area contributed by atoms with E-state index in [9.17, 15) is 9.59 Å². The normalized spacial score (nSPS) is 11.0. The molecule has 0 radical (unpaired) electrons. The fourth-order valence-corrected chi connectivity index (χ4v) is 1.71. The highest BCUT2D eigenvalue weighted by Gasteiger charge is 2.17. The van der Waals surface area contributed by atoms with Crippen molar-refractivity contribution in [1.82, 2.24) is 5.32 Å². The van der Waals surface area contributed by atoms with Crippen LogP contribution in [0.3, 0.4) is 0 Å². The van der Waals surface area contributed by atoms with Gasteiger partial charge in [-0.25, -0.2) is 9.59 Å². The monoisotopic (exact) mass is 325 g/mol. The van der Waals surface area contributed by atoms with E-state index >= 15 is 0 Å². The van der Waals surface area contributed by atoms with Gasteiger partial charge in [-0.15, -0.1) is 0 Å². The second-order valence-corrected chi connectivity index (χ2v) is 5.82. The molecule has 0 fully saturated rings. The van der Waals surface area contributed by atoms with Crippen LogP contribution >= 0.6 is 0 Å². The molecule has 7 heteroatoms. The van der Waals surface area contributed by atoms with Gasteiger partial charge in [0.2, 0.25) is 0 Å². The van der Waals surface area contributed by atoms with E-state index in [0.717, 1.165) is 0 Å². The number of benzene rings is 1. The first-order valence-corrected chi connectivity index (χ1v) is 7.17. The van der Waals surface area contributed by atoms with Gasteiger partial charge in [0.05, 0.1) is 12.2 Å². The number of carbonyl (C=O) groups is 2. The molecule has 0 saturated carbocycles. The molecule has 1 aromatic carbocycles. The molecule has 0 unspecified atom stereocenters. The van der Waals surface area contributed by atoms with Crippen LogP contribution in [0.15, 0.2) is 18.2 Å². The summed E-state index contributed by atoms with van der Waals surface area (Å²) in [6, 6.07) is 4.47. The van der Waals surface area contributed by atoms with Gasteiger partial charge < -0.3 is 24.6 Å². The first-order chi connectivity index (χ1) is 10.7. The smallest absolute Gasteiger partial charge is 0.407 e. The quantitative estimate of drug-likeness (QED) is 0.748. The molecule has 2 N–H and O–H groups in total. The lowest BCUT2D eigenvalue weighted by molar-refractivity contribution is 0.0522. The Morgan fingerprint density at radius 1 is 1.22 bits per heavy atom. The largest absolute Gasteiger partial charge is 0.491 e. The van der Waals surface area contributed by atoms with E-state index in [2.05, 4.69) is 5.32 Å². The van der Waals surface area contributed by atoms with Crippen molar-refractivity contribution < 1.29 is 28.9 Å². The molecule has 1 aromatic rings. The van der Waals surface area contributed by atoms with E-state index in [-0.39, 0.29) is 12.1 Å². The topological polar surface area (TPSA) is 94.1 Å². The molecule has 0 heterocycles. The molecule has 23 heavy (non-hydrogen) atoms. The van der Waals surface area contributed by atoms with E-state index in [1.54, 1.807) is 33.9 Å². The van der Waals surface area contributed by atoms with Crippen LogP contribution in [0.25, 0.3) is 0 Å². The van der Waals surface area contributed by atoms with Crippen LogP contribution in [-0.2, 0) is 16.0 Å². The van der Waals surface area contributed by atoms with Crippen molar-refractivity contribution in [2.24, 2.45) is 0 Å². The van der Waals surface area contributed by atoms with Gasteiger partial charge in [0, 0.05) is 19.2 Å². The van der Waals surface area contributed by atoms with Crippen LogP contribution in [0.4, 0.5) is 4.79 Å². The van der Waals surface area contributed by atoms with Crippen LogP contribution in [0.1, 0.15) is 36.7 Å². The Hall–Kier alpha value is -2.28. The number of hydrogen-bond acceptors (Lipinski definition) is 5. The minimum atomic E-state index is -1.05. The van der Waals surface area contributed by atoms with Crippen molar-refractivity contribution in [3.63, 3.8) is 0 Å². The molecule has 0 saturated heterocycles. The molecule has 0 spiro atoms. The lowest BCUT2D eigenvalue weighted by atomic mass is 10.1. The first kappa shape index (κ1) is 18.8. The molecular weight excluding hydrogens is 302 g/mol. The van der Waals surface area contributed by atoms with Gasteiger partial charge in [0.15, 0.2) is 0 Å². The molecular formula is C16H23NO6. The van der Waals surface area contributed by atoms with E-state index < -0.39 is 17.7 Å². The Balaban J connectivity index is 2.81. The van der Waals surface area contributed by atoms with Gasteiger partial charge in [0.1, 0.15) is 18.0 Å². The number of amides is 1. The molecule has 1 rings (SSSR count). The number of carboxylic acids is 1. The molecule has 0 aliphatic carbocycles. The lowest BCUT2D eigenvalue weighted by Crippen LogP contribution is -2.32. The van der Waals surface area contributed by atoms with Crippen molar-refractivity contribution in [2.45, 2.75) is 32.9 Å². The molecule has 0 aliphatic rings. The number of methoxy groups -OCH3 is 1. The van der Waals surface area contributed by atoms with Crippen molar-refractivity contribution in [2.75, 3.05) is 20.3 Å². The Morgan fingerprint density at radius 2 is 1.91 bits per heavy atom. The molecule has 0 bridgehead atoms. The number of hydrogen-bond donors (Lipinski definition) is 2. The maximum atomic E-state index is 11.7. The molecule has 0 atom stereocenters. The van der Waals surface area contributed by atoms with Crippen LogP contribution in [0.2, 0.25) is 0 Å². The van der Waals surface area contributed by atoms with E-state index in [1.165, 1.54) is 12.1 Å². The Morgan fingerprint density at radius 3 is 2.48 bits per heavy atom. The van der Waals surface area contributed by atoms with Crippen molar-refractivity contribution >= 4 is 12.1 Å². The third kappa shape index (κ3) is 7.01. The predicted octanol–water partition coefficient (Wildman–Crippen LogP) is 2.43. The zero-order valence-electron chi connectivity index (χ0n) is 13.8. The summed E-state index contributed by atoms with van der Waals surface area (Å²) in [5.41, 5.74) is 0.0575. The zero-order valence-corrected chi connectivity index (χ0v) is 13.8. The van der Waals surface area contributed by atoms with Gasteiger partial charge in [-0.2, -0.15) is 0 Å². The highest BCUT2D eigenvalue weighted by molar-refractivity contribution is 5.88. The number of carbonyl (C=O) groups excluding carboxylic acids is 1. The fraction of sp³-hybridized carbons (Fsp3) is 0.500. The maximum absolute atomic E-state index is 11.7. The molecule has 0 aromatic heterocycles. The maximum Gasteiger partial charge on any atom is 0.407 e. The zero-order chi connectivity index (χ0) is 17.5. The minimum absolute atomic E-state index is 0.0956. The van der Waals surface area contributed by atoms with Crippen LogP contribution in [0, 0.1) is 0 Å². The van der Waals surface area contributed by atoms with Gasteiger partial charge >= 0.3 is 12.1 Å². The van der Waals surface area contributed by atoms with E-state index in [0.29, 0.717) is 24.5 Å². The molecule has 7 nitrogen and oxygen atoms in total. The summed E-state index contributed by atoms with van der Waals surface area (Å²) in [6.45, 7) is 6.10. The number of alkyl carbamates (subject to hydrolysis) is 1. The van der Waals surface area contributed by atoms with Gasteiger partial charge in [0.25, 0.3) is 0 Å². The molecule has 128 valence electrons. The third-order valence-corrected chi connectivity index (χ3v) is 2.67. The summed E-state index contributed by atoms with van der Waals surface area (Å²) in [5.74, 6) is -0.560. The minimum Gasteiger partial charge on any atom is -0.491 e. The Kier molecular flexibility index (Phi) is 6.84. The standard InChI is InChI=1S/C16H23NO6/c1-16(2,3)23-15(20)17-10-12-9-11(14(18)19)5-6-13(12)22-8-7-21-4/h5-6,9H,7-8,10H2,1-4H3,(H,17,20)(H,18,19). The van der Waals surface area contributed by atoms with Crippen LogP contribution in [0.5, 0.6) is 5.75 Å². The van der Waals surface area contributed by atoms with Gasteiger partial charge in [-0.3, -0.25) is 0 Å². The summed E-state index contributed by atoms with van der Waals surface area (Å²) >= 11 is 0. The average Bonchev–Trinajstić information content (AvgIpc) is 2.44. The highest BCUT2D eigenvalue weighted by atomic mass is 16.6. The second kappa shape index (κ2) is 8.38. The van der Waals surface area contributed by atoms with Gasteiger partial charge in [-0.05, 0) is 39.0 Å². The first-order valence-electron chi connectivity index (χ1n) is 7.17.